The molecule has 7 heteroatoms. The fourth-order valence-electron chi connectivity index (χ4n) is 5.20. The van der Waals surface area contributed by atoms with Crippen LogP contribution in [0.25, 0.3) is 10.8 Å². The SMILES string of the molecule is CCC(c1cccc(OCC(=O)N(Cc2ccccc2)c2cccc3c(S(=O)(=O)O)cccc23)c1)C1CC1. The molecule has 0 bridgehead atoms. The van der Waals surface area contributed by atoms with E-state index in [1.165, 1.54) is 24.5 Å². The Morgan fingerprint density at radius 3 is 2.37 bits per heavy atom. The van der Waals surface area contributed by atoms with Crippen LogP contribution in [-0.2, 0) is 21.5 Å². The molecule has 1 fully saturated rings. The first-order chi connectivity index (χ1) is 18.3. The maximum atomic E-state index is 13.7. The van der Waals surface area contributed by atoms with Crippen molar-refractivity contribution in [3.05, 3.63) is 102 Å². The summed E-state index contributed by atoms with van der Waals surface area (Å²) in [6, 6.07) is 27.4. The molecule has 0 heterocycles. The zero-order chi connectivity index (χ0) is 26.7. The molecule has 5 rings (SSSR count). The highest BCUT2D eigenvalue weighted by molar-refractivity contribution is 7.86. The van der Waals surface area contributed by atoms with Crippen LogP contribution in [0.5, 0.6) is 5.75 Å². The molecule has 1 unspecified atom stereocenters. The summed E-state index contributed by atoms with van der Waals surface area (Å²) in [6.45, 7) is 2.31. The Morgan fingerprint density at radius 1 is 0.947 bits per heavy atom. The summed E-state index contributed by atoms with van der Waals surface area (Å²) < 4.78 is 39.8. The number of hydrogen-bond donors (Lipinski definition) is 1. The van der Waals surface area contributed by atoms with E-state index >= 15 is 0 Å². The summed E-state index contributed by atoms with van der Waals surface area (Å²) in [5, 5.41) is 0.891. The van der Waals surface area contributed by atoms with Gasteiger partial charge in [-0.3, -0.25) is 9.35 Å². The van der Waals surface area contributed by atoms with Gasteiger partial charge in [-0.2, -0.15) is 8.42 Å². The number of amides is 1. The van der Waals surface area contributed by atoms with Gasteiger partial charge < -0.3 is 9.64 Å². The molecule has 196 valence electrons. The smallest absolute Gasteiger partial charge is 0.295 e. The Labute approximate surface area is 223 Å². The topological polar surface area (TPSA) is 83.9 Å². The monoisotopic (exact) mass is 529 g/mol. The Hall–Kier alpha value is -3.68. The number of ether oxygens (including phenoxy) is 1. The summed E-state index contributed by atoms with van der Waals surface area (Å²) in [7, 11) is -4.44. The van der Waals surface area contributed by atoms with Crippen molar-refractivity contribution in [2.75, 3.05) is 11.5 Å². The van der Waals surface area contributed by atoms with Crippen molar-refractivity contribution >= 4 is 32.5 Å². The summed E-state index contributed by atoms with van der Waals surface area (Å²) >= 11 is 0. The van der Waals surface area contributed by atoms with Crippen molar-refractivity contribution in [3.8, 4) is 5.75 Å². The normalized spacial score (nSPS) is 14.3. The fourth-order valence-corrected chi connectivity index (χ4v) is 5.90. The molecule has 1 saturated carbocycles. The van der Waals surface area contributed by atoms with Crippen LogP contribution in [0.15, 0.2) is 95.9 Å². The predicted octanol–water partition coefficient (Wildman–Crippen LogP) is 6.60. The van der Waals surface area contributed by atoms with E-state index in [1.807, 2.05) is 48.5 Å². The van der Waals surface area contributed by atoms with E-state index in [4.69, 9.17) is 4.74 Å². The number of carbonyl (C=O) groups is 1. The standard InChI is InChI=1S/C31H31NO5S/c1-2-26(23-17-18-23)24-11-6-12-25(19-24)37-21-31(33)32(20-22-9-4-3-5-10-22)29-15-7-14-28-27(29)13-8-16-30(28)38(34,35)36/h3-16,19,23,26H,2,17-18,20-21H2,1H3,(H,34,35,36). The van der Waals surface area contributed by atoms with Gasteiger partial charge >= 0.3 is 0 Å². The van der Waals surface area contributed by atoms with Crippen molar-refractivity contribution in [2.45, 2.75) is 43.5 Å². The number of benzene rings is 4. The lowest BCUT2D eigenvalue weighted by atomic mass is 9.92. The molecule has 38 heavy (non-hydrogen) atoms. The Bertz CT molecular complexity index is 1550. The molecule has 4 aromatic carbocycles. The summed E-state index contributed by atoms with van der Waals surface area (Å²) in [5.74, 6) is 1.63. The lowest BCUT2D eigenvalue weighted by Gasteiger charge is -2.25. The molecule has 1 aliphatic rings. The number of anilines is 1. The molecule has 1 aliphatic carbocycles. The molecule has 4 aromatic rings. The molecular formula is C31H31NO5S. The molecule has 1 amide bonds. The van der Waals surface area contributed by atoms with Gasteiger partial charge in [-0.1, -0.05) is 73.7 Å². The highest BCUT2D eigenvalue weighted by Gasteiger charge is 2.31. The van der Waals surface area contributed by atoms with Crippen LogP contribution in [-0.4, -0.2) is 25.5 Å². The minimum Gasteiger partial charge on any atom is -0.484 e. The van der Waals surface area contributed by atoms with Crippen LogP contribution in [0.4, 0.5) is 5.69 Å². The highest BCUT2D eigenvalue weighted by Crippen LogP contribution is 2.44. The van der Waals surface area contributed by atoms with E-state index in [9.17, 15) is 17.8 Å². The van der Waals surface area contributed by atoms with E-state index in [1.54, 1.807) is 35.2 Å². The Kier molecular flexibility index (Phi) is 7.49. The van der Waals surface area contributed by atoms with Crippen LogP contribution in [0.3, 0.4) is 0 Å². The first-order valence-electron chi connectivity index (χ1n) is 12.9. The zero-order valence-electron chi connectivity index (χ0n) is 21.3. The third kappa shape index (κ3) is 5.74. The lowest BCUT2D eigenvalue weighted by molar-refractivity contribution is -0.120. The second-order valence-electron chi connectivity index (χ2n) is 9.78. The summed E-state index contributed by atoms with van der Waals surface area (Å²) in [5.41, 5.74) is 2.70. The Balaban J connectivity index is 1.46. The number of nitrogens with zero attached hydrogens (tertiary/aromatic N) is 1. The van der Waals surface area contributed by atoms with Gasteiger partial charge in [0.2, 0.25) is 0 Å². The number of fused-ring (bicyclic) bond motifs is 1. The highest BCUT2D eigenvalue weighted by atomic mass is 32.2. The van der Waals surface area contributed by atoms with Crippen LogP contribution in [0.2, 0.25) is 0 Å². The minimum atomic E-state index is -4.44. The van der Waals surface area contributed by atoms with Gasteiger partial charge in [-0.15, -0.1) is 0 Å². The van der Waals surface area contributed by atoms with Crippen molar-refractivity contribution < 1.29 is 22.5 Å². The van der Waals surface area contributed by atoms with E-state index in [-0.39, 0.29) is 24.0 Å². The van der Waals surface area contributed by atoms with Gasteiger partial charge in [0.1, 0.15) is 10.6 Å². The van der Waals surface area contributed by atoms with Gasteiger partial charge in [0, 0.05) is 10.8 Å². The minimum absolute atomic E-state index is 0.176. The molecule has 0 radical (unpaired) electrons. The fraction of sp³-hybridized carbons (Fsp3) is 0.258. The molecule has 0 spiro atoms. The van der Waals surface area contributed by atoms with Crippen molar-refractivity contribution in [2.24, 2.45) is 5.92 Å². The van der Waals surface area contributed by atoms with Gasteiger partial charge in [-0.05, 0) is 66.5 Å². The van der Waals surface area contributed by atoms with Crippen molar-refractivity contribution in [1.82, 2.24) is 0 Å². The van der Waals surface area contributed by atoms with Gasteiger partial charge in [0.25, 0.3) is 16.0 Å². The predicted molar refractivity (Wildman–Crippen MR) is 149 cm³/mol. The van der Waals surface area contributed by atoms with Gasteiger partial charge in [0.15, 0.2) is 6.61 Å². The van der Waals surface area contributed by atoms with Crippen molar-refractivity contribution in [1.29, 1.82) is 0 Å². The first-order valence-corrected chi connectivity index (χ1v) is 14.4. The largest absolute Gasteiger partial charge is 0.484 e. The van der Waals surface area contributed by atoms with Crippen LogP contribution >= 0.6 is 0 Å². The summed E-state index contributed by atoms with van der Waals surface area (Å²) in [4.78, 5) is 15.1. The lowest BCUT2D eigenvalue weighted by Crippen LogP contribution is -2.34. The maximum absolute atomic E-state index is 13.7. The van der Waals surface area contributed by atoms with E-state index in [0.29, 0.717) is 28.1 Å². The van der Waals surface area contributed by atoms with Gasteiger partial charge in [0.05, 0.1) is 12.2 Å². The number of rotatable bonds is 10. The summed E-state index contributed by atoms with van der Waals surface area (Å²) in [6.07, 6.45) is 3.60. The number of carbonyl (C=O) groups excluding carboxylic acids is 1. The average Bonchev–Trinajstić information content (AvgIpc) is 3.76. The molecule has 1 N–H and O–H groups in total. The average molecular weight is 530 g/mol. The van der Waals surface area contributed by atoms with Crippen LogP contribution in [0.1, 0.15) is 43.2 Å². The van der Waals surface area contributed by atoms with E-state index in [0.717, 1.165) is 17.9 Å². The number of hydrogen-bond acceptors (Lipinski definition) is 4. The van der Waals surface area contributed by atoms with Gasteiger partial charge in [-0.25, -0.2) is 0 Å². The quantitative estimate of drug-likeness (QED) is 0.234. The third-order valence-electron chi connectivity index (χ3n) is 7.19. The molecule has 6 nitrogen and oxygen atoms in total. The van der Waals surface area contributed by atoms with Crippen molar-refractivity contribution in [3.63, 3.8) is 0 Å². The molecule has 0 aliphatic heterocycles. The van der Waals surface area contributed by atoms with E-state index in [2.05, 4.69) is 13.0 Å². The van der Waals surface area contributed by atoms with E-state index < -0.39 is 10.1 Å². The first kappa shape index (κ1) is 25.9. The molecular weight excluding hydrogens is 498 g/mol. The Morgan fingerprint density at radius 2 is 1.66 bits per heavy atom. The molecule has 0 saturated heterocycles. The molecule has 1 atom stereocenters. The maximum Gasteiger partial charge on any atom is 0.295 e. The third-order valence-corrected chi connectivity index (χ3v) is 8.10. The second-order valence-corrected chi connectivity index (χ2v) is 11.2. The molecule has 0 aromatic heterocycles. The van der Waals surface area contributed by atoms with Crippen LogP contribution < -0.4 is 9.64 Å². The zero-order valence-corrected chi connectivity index (χ0v) is 22.1. The van der Waals surface area contributed by atoms with Crippen LogP contribution in [0, 0.1) is 5.92 Å². The second kappa shape index (κ2) is 11.0.